The molecule has 0 saturated carbocycles. The third-order valence-electron chi connectivity index (χ3n) is 2.94. The highest BCUT2D eigenvalue weighted by atomic mass is 16.6. The lowest BCUT2D eigenvalue weighted by molar-refractivity contribution is -0.192. The topological polar surface area (TPSA) is 68.4 Å². The number of hydrogen-bond donors (Lipinski definition) is 2. The molecule has 2 heterocycles. The maximum atomic E-state index is 9.86. The molecule has 0 aliphatic carbocycles. The minimum Gasteiger partial charge on any atom is -0.384 e. The number of nitrogen functional groups attached to an aromatic ring is 1. The smallest absolute Gasteiger partial charge is 0.183 e. The Morgan fingerprint density at radius 1 is 1.56 bits per heavy atom. The number of hydrogen-bond acceptors (Lipinski definition) is 4. The molecule has 1 aliphatic rings. The van der Waals surface area contributed by atoms with E-state index in [1.807, 2.05) is 13.8 Å². The number of aliphatic hydroxyl groups is 1. The molecule has 1 unspecified atom stereocenters. The molecule has 0 radical (unpaired) electrons. The summed E-state index contributed by atoms with van der Waals surface area (Å²) in [5.41, 5.74) is 6.55. The predicted octanol–water partition coefficient (Wildman–Crippen LogP) is 1.73. The molecule has 1 aliphatic heterocycles. The molecule has 16 heavy (non-hydrogen) atoms. The van der Waals surface area contributed by atoms with Gasteiger partial charge in [0.15, 0.2) is 6.29 Å². The number of nitrogens with zero attached hydrogens (tertiary/aromatic N) is 1. The Bertz CT molecular complexity index is 429. The van der Waals surface area contributed by atoms with Gasteiger partial charge in [0.2, 0.25) is 0 Å². The second kappa shape index (κ2) is 3.57. The molecule has 3 N–H and O–H groups in total. The number of rotatable bonds is 1. The van der Waals surface area contributed by atoms with Crippen molar-refractivity contribution in [3.8, 4) is 0 Å². The molecule has 1 aromatic heterocycles. The summed E-state index contributed by atoms with van der Waals surface area (Å²) in [6, 6.07) is 3.40. The number of fused-ring (bicyclic) bond motifs is 1. The number of pyridine rings is 1. The van der Waals surface area contributed by atoms with Gasteiger partial charge in [-0.05, 0) is 26.0 Å². The number of anilines is 1. The maximum absolute atomic E-state index is 9.86. The van der Waals surface area contributed by atoms with Crippen molar-refractivity contribution in [3.63, 3.8) is 0 Å². The Morgan fingerprint density at radius 2 is 2.25 bits per heavy atom. The summed E-state index contributed by atoms with van der Waals surface area (Å²) in [5, 5.41) is 9.86. The van der Waals surface area contributed by atoms with E-state index >= 15 is 0 Å². The minimum atomic E-state index is -0.950. The number of nitrogens with two attached hydrogens (primary N) is 1. The number of aliphatic hydroxyl groups excluding tert-OH is 1. The van der Waals surface area contributed by atoms with Gasteiger partial charge in [-0.25, -0.2) is 4.98 Å². The Kier molecular flexibility index (Phi) is 2.48. The fraction of sp³-hybridized carbons (Fsp3) is 0.417. The molecule has 4 heteroatoms. The van der Waals surface area contributed by atoms with E-state index in [1.54, 1.807) is 18.2 Å². The van der Waals surface area contributed by atoms with Crippen LogP contribution in [0.5, 0.6) is 0 Å². The Hall–Kier alpha value is -1.39. The summed E-state index contributed by atoms with van der Waals surface area (Å²) in [6.07, 6.45) is 0.825. The van der Waals surface area contributed by atoms with Crippen LogP contribution in [-0.4, -0.2) is 15.7 Å². The molecule has 86 valence electrons. The fourth-order valence-electron chi connectivity index (χ4n) is 2.11. The van der Waals surface area contributed by atoms with Crippen molar-refractivity contribution in [1.82, 2.24) is 4.98 Å². The third-order valence-corrected chi connectivity index (χ3v) is 2.94. The molecular weight excluding hydrogens is 204 g/mol. The van der Waals surface area contributed by atoms with Crippen molar-refractivity contribution in [3.05, 3.63) is 36.0 Å². The second-order valence-corrected chi connectivity index (χ2v) is 4.50. The maximum Gasteiger partial charge on any atom is 0.183 e. The van der Waals surface area contributed by atoms with Crippen LogP contribution in [0.4, 0.5) is 5.82 Å². The van der Waals surface area contributed by atoms with E-state index in [9.17, 15) is 5.11 Å². The largest absolute Gasteiger partial charge is 0.384 e. The second-order valence-electron chi connectivity index (χ2n) is 4.50. The standard InChI is InChI=1S/C12H16N2O2/c1-4-8-10-7(5-6-9(13)14-10)11(15)16-12(8,2)3/h4-6,8,11,15H,1H2,2-3H3,(H2,13,14)/t8-,11?/m1/s1. The third kappa shape index (κ3) is 1.60. The van der Waals surface area contributed by atoms with Crippen LogP contribution in [0, 0.1) is 0 Å². The number of aromatic nitrogens is 1. The molecule has 2 atom stereocenters. The monoisotopic (exact) mass is 220 g/mol. The van der Waals surface area contributed by atoms with Crippen molar-refractivity contribution >= 4 is 5.82 Å². The van der Waals surface area contributed by atoms with E-state index in [4.69, 9.17) is 10.5 Å². The van der Waals surface area contributed by atoms with Crippen molar-refractivity contribution in [2.45, 2.75) is 31.7 Å². The van der Waals surface area contributed by atoms with Crippen LogP contribution in [-0.2, 0) is 4.74 Å². The highest BCUT2D eigenvalue weighted by Crippen LogP contribution is 2.42. The highest BCUT2D eigenvalue weighted by Gasteiger charge is 2.40. The lowest BCUT2D eigenvalue weighted by atomic mass is 9.83. The first-order valence-corrected chi connectivity index (χ1v) is 5.20. The summed E-state index contributed by atoms with van der Waals surface area (Å²) in [5.74, 6) is 0.366. The van der Waals surface area contributed by atoms with Crippen LogP contribution in [0.15, 0.2) is 24.8 Å². The van der Waals surface area contributed by atoms with E-state index in [0.29, 0.717) is 11.4 Å². The van der Waals surface area contributed by atoms with Crippen LogP contribution in [0.3, 0.4) is 0 Å². The Balaban J connectivity index is 2.60. The molecule has 0 spiro atoms. The lowest BCUT2D eigenvalue weighted by Gasteiger charge is -2.40. The molecule has 2 rings (SSSR count). The van der Waals surface area contributed by atoms with E-state index in [-0.39, 0.29) is 5.92 Å². The molecule has 0 saturated heterocycles. The average Bonchev–Trinajstić information content (AvgIpc) is 2.16. The van der Waals surface area contributed by atoms with Crippen LogP contribution >= 0.6 is 0 Å². The molecular formula is C12H16N2O2. The van der Waals surface area contributed by atoms with Gasteiger partial charge in [-0.1, -0.05) is 6.08 Å². The average molecular weight is 220 g/mol. The van der Waals surface area contributed by atoms with Gasteiger partial charge in [0.05, 0.1) is 11.3 Å². The van der Waals surface area contributed by atoms with Gasteiger partial charge in [-0.15, -0.1) is 6.58 Å². The molecule has 0 aromatic carbocycles. The zero-order valence-electron chi connectivity index (χ0n) is 9.47. The van der Waals surface area contributed by atoms with Gasteiger partial charge in [0, 0.05) is 11.5 Å². The minimum absolute atomic E-state index is 0.0746. The van der Waals surface area contributed by atoms with Crippen LogP contribution in [0.2, 0.25) is 0 Å². The van der Waals surface area contributed by atoms with Gasteiger partial charge < -0.3 is 15.6 Å². The first-order chi connectivity index (χ1) is 7.45. The number of ether oxygens (including phenoxy) is 1. The Labute approximate surface area is 94.8 Å². The van der Waals surface area contributed by atoms with Crippen LogP contribution in [0.25, 0.3) is 0 Å². The molecule has 0 fully saturated rings. The van der Waals surface area contributed by atoms with E-state index in [2.05, 4.69) is 11.6 Å². The zero-order valence-corrected chi connectivity index (χ0v) is 9.47. The molecule has 0 bridgehead atoms. The van der Waals surface area contributed by atoms with E-state index in [1.165, 1.54) is 0 Å². The van der Waals surface area contributed by atoms with E-state index < -0.39 is 11.9 Å². The van der Waals surface area contributed by atoms with Crippen LogP contribution < -0.4 is 5.73 Å². The summed E-state index contributed by atoms with van der Waals surface area (Å²) in [7, 11) is 0. The molecule has 1 aromatic rings. The first kappa shape index (κ1) is 11.1. The van der Waals surface area contributed by atoms with Crippen molar-refractivity contribution < 1.29 is 9.84 Å². The van der Waals surface area contributed by atoms with Gasteiger partial charge in [-0.3, -0.25) is 0 Å². The highest BCUT2D eigenvalue weighted by molar-refractivity contribution is 5.40. The first-order valence-electron chi connectivity index (χ1n) is 5.20. The SMILES string of the molecule is C=C[C@@H]1c2nc(N)ccc2C(O)OC1(C)C. The summed E-state index contributed by atoms with van der Waals surface area (Å²) < 4.78 is 5.55. The summed E-state index contributed by atoms with van der Waals surface area (Å²) in [6.45, 7) is 7.59. The zero-order chi connectivity index (χ0) is 11.9. The fourth-order valence-corrected chi connectivity index (χ4v) is 2.11. The quantitative estimate of drug-likeness (QED) is 0.707. The normalized spacial score (nSPS) is 27.2. The van der Waals surface area contributed by atoms with Gasteiger partial charge >= 0.3 is 0 Å². The van der Waals surface area contributed by atoms with E-state index in [0.717, 1.165) is 5.69 Å². The van der Waals surface area contributed by atoms with Gasteiger partial charge in [0.25, 0.3) is 0 Å². The molecule has 0 amide bonds. The van der Waals surface area contributed by atoms with Crippen LogP contribution in [0.1, 0.15) is 37.3 Å². The Morgan fingerprint density at radius 3 is 2.88 bits per heavy atom. The van der Waals surface area contributed by atoms with Gasteiger partial charge in [0.1, 0.15) is 5.82 Å². The predicted molar refractivity (Wildman–Crippen MR) is 61.7 cm³/mol. The van der Waals surface area contributed by atoms with Crippen molar-refractivity contribution in [2.75, 3.05) is 5.73 Å². The summed E-state index contributed by atoms with van der Waals surface area (Å²) >= 11 is 0. The van der Waals surface area contributed by atoms with Gasteiger partial charge in [-0.2, -0.15) is 0 Å². The van der Waals surface area contributed by atoms with Crippen molar-refractivity contribution in [2.24, 2.45) is 0 Å². The van der Waals surface area contributed by atoms with Crippen molar-refractivity contribution in [1.29, 1.82) is 0 Å². The lowest BCUT2D eigenvalue weighted by Crippen LogP contribution is -2.39. The summed E-state index contributed by atoms with van der Waals surface area (Å²) in [4.78, 5) is 4.28. The molecule has 4 nitrogen and oxygen atoms in total.